The summed E-state index contributed by atoms with van der Waals surface area (Å²) in [7, 11) is 0. The van der Waals surface area contributed by atoms with Crippen LogP contribution in [-0.2, 0) is 5.60 Å². The molecule has 0 N–H and O–H groups in total. The van der Waals surface area contributed by atoms with Crippen molar-refractivity contribution < 1.29 is 4.74 Å². The summed E-state index contributed by atoms with van der Waals surface area (Å²) in [6.45, 7) is 0. The summed E-state index contributed by atoms with van der Waals surface area (Å²) in [5.74, 6) is 2.23. The molecule has 0 amide bonds. The van der Waals surface area contributed by atoms with Crippen molar-refractivity contribution in [2.45, 2.75) is 5.60 Å². The zero-order valence-corrected chi connectivity index (χ0v) is 31.3. The van der Waals surface area contributed by atoms with Crippen molar-refractivity contribution in [1.82, 2.24) is 15.0 Å². The molecule has 10 rings (SSSR count). The fourth-order valence-corrected chi connectivity index (χ4v) is 8.02. The average Bonchev–Trinajstić information content (AvgIpc) is 3.32. The summed E-state index contributed by atoms with van der Waals surface area (Å²) >= 11 is 0. The Labute approximate surface area is 337 Å². The van der Waals surface area contributed by atoms with Gasteiger partial charge in [-0.15, -0.1) is 0 Å². The van der Waals surface area contributed by atoms with Crippen LogP contribution in [-0.4, -0.2) is 15.0 Å². The Kier molecular flexibility index (Phi) is 8.70. The van der Waals surface area contributed by atoms with E-state index in [4.69, 9.17) is 19.7 Å². The third-order valence-electron chi connectivity index (χ3n) is 10.8. The van der Waals surface area contributed by atoms with Gasteiger partial charge in [0.1, 0.15) is 5.75 Å². The minimum absolute atomic E-state index is 0.485. The van der Waals surface area contributed by atoms with Crippen LogP contribution in [0, 0.1) is 11.3 Å². The molecule has 0 atom stereocenters. The van der Waals surface area contributed by atoms with Crippen molar-refractivity contribution in [1.29, 1.82) is 5.26 Å². The number of ether oxygens (including phenoxy) is 1. The van der Waals surface area contributed by atoms with Crippen molar-refractivity contribution in [3.63, 3.8) is 0 Å². The molecule has 0 saturated carbocycles. The molecule has 1 aliphatic heterocycles. The van der Waals surface area contributed by atoms with Crippen molar-refractivity contribution in [2.24, 2.45) is 0 Å². The molecule has 58 heavy (non-hydrogen) atoms. The minimum atomic E-state index is -1.10. The molecule has 0 unspecified atom stereocenters. The van der Waals surface area contributed by atoms with Gasteiger partial charge in [-0.25, -0.2) is 15.0 Å². The smallest absolute Gasteiger partial charge is 0.185 e. The molecular formula is C53H34N4O. The molecule has 0 radical (unpaired) electrons. The van der Waals surface area contributed by atoms with Gasteiger partial charge in [0, 0.05) is 33.4 Å². The van der Waals surface area contributed by atoms with Crippen LogP contribution in [0.2, 0.25) is 0 Å². The molecule has 5 heteroatoms. The van der Waals surface area contributed by atoms with Gasteiger partial charge in [0.05, 0.1) is 17.2 Å². The van der Waals surface area contributed by atoms with Crippen molar-refractivity contribution in [3.05, 3.63) is 229 Å². The van der Waals surface area contributed by atoms with E-state index >= 15 is 0 Å². The summed E-state index contributed by atoms with van der Waals surface area (Å²) < 4.78 is 7.54. The molecular weight excluding hydrogens is 709 g/mol. The average molecular weight is 743 g/mol. The molecule has 0 fully saturated rings. The zero-order chi connectivity index (χ0) is 38.9. The Morgan fingerprint density at radius 1 is 0.379 bits per heavy atom. The first-order valence-corrected chi connectivity index (χ1v) is 19.2. The fourth-order valence-electron chi connectivity index (χ4n) is 8.02. The topological polar surface area (TPSA) is 71.7 Å². The second kappa shape index (κ2) is 14.6. The van der Waals surface area contributed by atoms with E-state index in [1.165, 1.54) is 0 Å². The number of fused-ring (bicyclic) bond motifs is 3. The number of nitrogens with zero attached hydrogens (tertiary/aromatic N) is 4. The van der Waals surface area contributed by atoms with Crippen LogP contribution in [0.25, 0.3) is 67.5 Å². The number of hydrogen-bond donors (Lipinski definition) is 0. The molecule has 9 aromatic rings. The van der Waals surface area contributed by atoms with E-state index < -0.39 is 5.60 Å². The van der Waals surface area contributed by atoms with Gasteiger partial charge in [0.2, 0.25) is 0 Å². The maximum atomic E-state index is 10.1. The Balaban J connectivity index is 1.24. The van der Waals surface area contributed by atoms with Gasteiger partial charge in [0.25, 0.3) is 0 Å². The molecule has 1 aliphatic rings. The lowest BCUT2D eigenvalue weighted by atomic mass is 9.74. The van der Waals surface area contributed by atoms with E-state index in [0.717, 1.165) is 66.8 Å². The Morgan fingerprint density at radius 3 is 1.40 bits per heavy atom. The monoisotopic (exact) mass is 742 g/mol. The Bertz CT molecular complexity index is 2870. The van der Waals surface area contributed by atoms with Gasteiger partial charge in [0.15, 0.2) is 23.1 Å². The lowest BCUT2D eigenvalue weighted by molar-refractivity contribution is 0.153. The van der Waals surface area contributed by atoms with Crippen LogP contribution in [0.1, 0.15) is 22.3 Å². The van der Waals surface area contributed by atoms with Crippen LogP contribution in [0.3, 0.4) is 0 Å². The molecule has 0 saturated heterocycles. The molecule has 0 spiro atoms. The molecule has 0 aliphatic carbocycles. The lowest BCUT2D eigenvalue weighted by Gasteiger charge is -2.42. The van der Waals surface area contributed by atoms with Gasteiger partial charge in [-0.3, -0.25) is 0 Å². The quantitative estimate of drug-likeness (QED) is 0.163. The van der Waals surface area contributed by atoms with E-state index in [1.807, 2.05) is 109 Å². The Hall–Kier alpha value is -7.94. The number of aromatic nitrogens is 3. The first kappa shape index (κ1) is 34.5. The zero-order valence-electron chi connectivity index (χ0n) is 31.3. The Morgan fingerprint density at radius 2 is 0.845 bits per heavy atom. The molecule has 0 bridgehead atoms. The molecule has 8 aromatic carbocycles. The van der Waals surface area contributed by atoms with Crippen molar-refractivity contribution in [3.8, 4) is 79.4 Å². The van der Waals surface area contributed by atoms with Gasteiger partial charge >= 0.3 is 0 Å². The second-order valence-electron chi connectivity index (χ2n) is 14.3. The largest absolute Gasteiger partial charge is 0.472 e. The van der Waals surface area contributed by atoms with E-state index in [0.29, 0.717) is 28.8 Å². The SMILES string of the molecule is N#Cc1ccc2c(c1)C(c1ccccc1)(c1ccccc1)Oc1c(-c3nc(-c4ccccc4)nc(-c4cc(-c5ccccc5)cc(-c5ccccc5)c4)n3)cccc1-2. The van der Waals surface area contributed by atoms with E-state index in [2.05, 4.69) is 103 Å². The van der Waals surface area contributed by atoms with E-state index in [1.54, 1.807) is 0 Å². The van der Waals surface area contributed by atoms with Crippen LogP contribution >= 0.6 is 0 Å². The van der Waals surface area contributed by atoms with Gasteiger partial charge in [-0.1, -0.05) is 170 Å². The standard InChI is InChI=1S/C53H34N4O/c54-35-36-29-30-45-46-27-16-28-47(49(46)58-53(48(45)31-36,43-23-12-4-13-24-43)44-25-14-5-15-26-44)52-56-50(39-21-10-3-11-22-39)55-51(57-52)42-33-40(37-17-6-1-7-18-37)32-41(34-42)38-19-8-2-9-20-38/h1-34H. The molecule has 5 nitrogen and oxygen atoms in total. The predicted molar refractivity (Wildman–Crippen MR) is 231 cm³/mol. The van der Waals surface area contributed by atoms with Crippen molar-refractivity contribution in [2.75, 3.05) is 0 Å². The van der Waals surface area contributed by atoms with Crippen LogP contribution in [0.15, 0.2) is 206 Å². The van der Waals surface area contributed by atoms with Crippen LogP contribution in [0.5, 0.6) is 5.75 Å². The summed E-state index contributed by atoms with van der Waals surface area (Å²) in [6, 6.07) is 72.2. The predicted octanol–water partition coefficient (Wildman–Crippen LogP) is 12.4. The van der Waals surface area contributed by atoms with E-state index in [-0.39, 0.29) is 0 Å². The molecule has 272 valence electrons. The summed E-state index contributed by atoms with van der Waals surface area (Å²) in [5, 5.41) is 10.1. The highest BCUT2D eigenvalue weighted by Gasteiger charge is 2.45. The van der Waals surface area contributed by atoms with E-state index in [9.17, 15) is 5.26 Å². The first-order chi connectivity index (χ1) is 28.7. The van der Waals surface area contributed by atoms with Gasteiger partial charge in [-0.2, -0.15) is 5.26 Å². The molecule has 2 heterocycles. The van der Waals surface area contributed by atoms with Gasteiger partial charge in [-0.05, 0) is 64.2 Å². The number of benzene rings is 8. The summed E-state index contributed by atoms with van der Waals surface area (Å²) in [4.78, 5) is 15.7. The van der Waals surface area contributed by atoms with Gasteiger partial charge < -0.3 is 4.74 Å². The maximum Gasteiger partial charge on any atom is 0.185 e. The highest BCUT2D eigenvalue weighted by molar-refractivity contribution is 5.87. The van der Waals surface area contributed by atoms with Crippen LogP contribution in [0.4, 0.5) is 0 Å². The third kappa shape index (κ3) is 6.10. The van der Waals surface area contributed by atoms with Crippen LogP contribution < -0.4 is 4.74 Å². The number of nitriles is 1. The normalized spacial score (nSPS) is 12.4. The number of hydrogen-bond acceptors (Lipinski definition) is 5. The third-order valence-corrected chi connectivity index (χ3v) is 10.8. The first-order valence-electron chi connectivity index (χ1n) is 19.2. The summed E-state index contributed by atoms with van der Waals surface area (Å²) in [5.41, 5.74) is 10.9. The lowest BCUT2D eigenvalue weighted by Crippen LogP contribution is -2.39. The second-order valence-corrected chi connectivity index (χ2v) is 14.3. The number of rotatable bonds is 7. The fraction of sp³-hybridized carbons (Fsp3) is 0.0189. The molecule has 1 aromatic heterocycles. The number of para-hydroxylation sites is 1. The minimum Gasteiger partial charge on any atom is -0.472 e. The summed E-state index contributed by atoms with van der Waals surface area (Å²) in [6.07, 6.45) is 0. The highest BCUT2D eigenvalue weighted by atomic mass is 16.5. The van der Waals surface area contributed by atoms with Crippen molar-refractivity contribution >= 4 is 0 Å². The maximum absolute atomic E-state index is 10.1. The highest BCUT2D eigenvalue weighted by Crippen LogP contribution is 2.54.